The van der Waals surface area contributed by atoms with Gasteiger partial charge in [0.1, 0.15) is 12.4 Å². The van der Waals surface area contributed by atoms with E-state index in [1.807, 2.05) is 24.3 Å². The summed E-state index contributed by atoms with van der Waals surface area (Å²) in [6.45, 7) is 2.17. The molecule has 3 rings (SSSR count). The lowest BCUT2D eigenvalue weighted by atomic mass is 9.98. The van der Waals surface area contributed by atoms with Crippen LogP contribution in [0.4, 0.5) is 14.9 Å². The molecule has 0 saturated carbocycles. The zero-order valence-corrected chi connectivity index (χ0v) is 12.7. The molecule has 1 atom stereocenters. The minimum Gasteiger partial charge on any atom is -0.444 e. The van der Waals surface area contributed by atoms with E-state index in [1.165, 1.54) is 17.7 Å². The van der Waals surface area contributed by atoms with Crippen molar-refractivity contribution in [2.45, 2.75) is 18.9 Å². The molecule has 2 aromatic rings. The molecule has 1 aliphatic heterocycles. The third kappa shape index (κ3) is 4.29. The quantitative estimate of drug-likeness (QED) is 0.905. The van der Waals surface area contributed by atoms with E-state index >= 15 is 0 Å². The van der Waals surface area contributed by atoms with Gasteiger partial charge in [0.25, 0.3) is 0 Å². The fraction of sp³-hybridized carbons (Fsp3) is 0.278. The van der Waals surface area contributed by atoms with Crippen LogP contribution in [0.3, 0.4) is 0 Å². The summed E-state index contributed by atoms with van der Waals surface area (Å²) in [5.41, 5.74) is 2.72. The fourth-order valence-electron chi connectivity index (χ4n) is 2.66. The van der Waals surface area contributed by atoms with Crippen molar-refractivity contribution in [2.24, 2.45) is 0 Å². The number of benzene rings is 2. The molecule has 0 aromatic heterocycles. The molecule has 0 radical (unpaired) electrons. The summed E-state index contributed by atoms with van der Waals surface area (Å²) in [5.74, 6) is 0.241. The molecule has 1 saturated heterocycles. The Morgan fingerprint density at radius 3 is 2.57 bits per heavy atom. The third-order valence-corrected chi connectivity index (χ3v) is 3.97. The van der Waals surface area contributed by atoms with E-state index in [0.29, 0.717) is 11.6 Å². The van der Waals surface area contributed by atoms with Gasteiger partial charge in [-0.1, -0.05) is 24.3 Å². The van der Waals surface area contributed by atoms with Gasteiger partial charge >= 0.3 is 6.09 Å². The number of carbonyl (C=O) groups excluding carboxylic acids is 1. The van der Waals surface area contributed by atoms with Crippen molar-refractivity contribution in [3.05, 3.63) is 65.5 Å². The molecule has 0 spiro atoms. The van der Waals surface area contributed by atoms with Gasteiger partial charge < -0.3 is 10.1 Å². The molecule has 2 N–H and O–H groups in total. The van der Waals surface area contributed by atoms with Crippen LogP contribution in [0, 0.1) is 5.82 Å². The van der Waals surface area contributed by atoms with E-state index in [9.17, 15) is 9.18 Å². The van der Waals surface area contributed by atoms with Gasteiger partial charge in [0.2, 0.25) is 0 Å². The maximum atomic E-state index is 12.8. The third-order valence-electron chi connectivity index (χ3n) is 3.97. The van der Waals surface area contributed by atoms with E-state index in [0.717, 1.165) is 25.1 Å². The largest absolute Gasteiger partial charge is 0.444 e. The predicted molar refractivity (Wildman–Crippen MR) is 86.9 cm³/mol. The maximum Gasteiger partial charge on any atom is 0.411 e. The van der Waals surface area contributed by atoms with Crippen molar-refractivity contribution in [3.63, 3.8) is 0 Å². The average molecular weight is 314 g/mol. The molecule has 1 amide bonds. The Labute approximate surface area is 134 Å². The van der Waals surface area contributed by atoms with Gasteiger partial charge in [0.05, 0.1) is 0 Å². The second-order valence-electron chi connectivity index (χ2n) is 5.64. The maximum absolute atomic E-state index is 12.8. The first-order valence-electron chi connectivity index (χ1n) is 7.69. The van der Waals surface area contributed by atoms with Crippen LogP contribution >= 0.6 is 0 Å². The minimum absolute atomic E-state index is 0.109. The van der Waals surface area contributed by atoms with Gasteiger partial charge in [-0.05, 0) is 54.3 Å². The van der Waals surface area contributed by atoms with Crippen LogP contribution in [0.25, 0.3) is 0 Å². The molecule has 5 heteroatoms. The highest BCUT2D eigenvalue weighted by atomic mass is 19.1. The van der Waals surface area contributed by atoms with Crippen LogP contribution in [0.15, 0.2) is 48.5 Å². The second kappa shape index (κ2) is 7.24. The minimum atomic E-state index is -0.524. The van der Waals surface area contributed by atoms with E-state index < -0.39 is 6.09 Å². The van der Waals surface area contributed by atoms with Gasteiger partial charge in [-0.3, -0.25) is 5.32 Å². The van der Waals surface area contributed by atoms with Crippen LogP contribution < -0.4 is 10.6 Å². The van der Waals surface area contributed by atoms with Gasteiger partial charge in [0, 0.05) is 12.2 Å². The Hall–Kier alpha value is -2.40. The summed E-state index contributed by atoms with van der Waals surface area (Å²) in [5, 5.41) is 6.03. The molecule has 23 heavy (non-hydrogen) atoms. The number of hydrogen-bond acceptors (Lipinski definition) is 3. The number of halogens is 1. The number of ether oxygens (including phenoxy) is 1. The Kier molecular flexibility index (Phi) is 4.88. The highest BCUT2D eigenvalue weighted by molar-refractivity contribution is 5.84. The summed E-state index contributed by atoms with van der Waals surface area (Å²) in [6.07, 6.45) is 0.622. The molecule has 1 unspecified atom stereocenters. The summed E-state index contributed by atoms with van der Waals surface area (Å²) in [7, 11) is 0. The number of amides is 1. The average Bonchev–Trinajstić information content (AvgIpc) is 3.09. The molecular weight excluding hydrogens is 295 g/mol. The van der Waals surface area contributed by atoms with Crippen molar-refractivity contribution in [2.75, 3.05) is 18.4 Å². The molecular formula is C18H19FN2O2. The van der Waals surface area contributed by atoms with Crippen molar-refractivity contribution < 1.29 is 13.9 Å². The van der Waals surface area contributed by atoms with Crippen molar-refractivity contribution in [1.82, 2.24) is 5.32 Å². The Morgan fingerprint density at radius 1 is 1.17 bits per heavy atom. The Bertz CT molecular complexity index is 650. The van der Waals surface area contributed by atoms with Crippen LogP contribution in [0.2, 0.25) is 0 Å². The van der Waals surface area contributed by atoms with Crippen molar-refractivity contribution >= 4 is 11.8 Å². The summed E-state index contributed by atoms with van der Waals surface area (Å²) < 4.78 is 17.9. The van der Waals surface area contributed by atoms with E-state index in [-0.39, 0.29) is 12.4 Å². The summed E-state index contributed by atoms with van der Waals surface area (Å²) in [4.78, 5) is 11.8. The van der Waals surface area contributed by atoms with Crippen LogP contribution in [-0.4, -0.2) is 19.2 Å². The predicted octanol–water partition coefficient (Wildman–Crippen LogP) is 3.65. The molecule has 1 heterocycles. The molecule has 120 valence electrons. The van der Waals surface area contributed by atoms with Crippen molar-refractivity contribution in [3.8, 4) is 0 Å². The first-order valence-corrected chi connectivity index (χ1v) is 7.69. The molecule has 1 fully saturated rings. The Morgan fingerprint density at radius 2 is 1.91 bits per heavy atom. The SMILES string of the molecule is O=C(Nc1ccc(C2CCNC2)cc1)OCc1ccc(F)cc1. The van der Waals surface area contributed by atoms with E-state index in [1.54, 1.807) is 12.1 Å². The van der Waals surface area contributed by atoms with E-state index in [2.05, 4.69) is 10.6 Å². The monoisotopic (exact) mass is 314 g/mol. The first kappa shape index (κ1) is 15.5. The van der Waals surface area contributed by atoms with Gasteiger partial charge in [-0.25, -0.2) is 9.18 Å². The smallest absolute Gasteiger partial charge is 0.411 e. The van der Waals surface area contributed by atoms with Gasteiger partial charge in [-0.2, -0.15) is 0 Å². The Balaban J connectivity index is 1.50. The van der Waals surface area contributed by atoms with Crippen molar-refractivity contribution in [1.29, 1.82) is 0 Å². The number of anilines is 1. The molecule has 2 aromatic carbocycles. The van der Waals surface area contributed by atoms with Crippen LogP contribution in [0.1, 0.15) is 23.5 Å². The highest BCUT2D eigenvalue weighted by Gasteiger charge is 2.16. The van der Waals surface area contributed by atoms with Gasteiger partial charge in [-0.15, -0.1) is 0 Å². The van der Waals surface area contributed by atoms with Gasteiger partial charge in [0.15, 0.2) is 0 Å². The standard InChI is InChI=1S/C18H19FN2O2/c19-16-5-1-13(2-6-16)12-23-18(22)21-17-7-3-14(4-8-17)15-9-10-20-11-15/h1-8,15,20H,9-12H2,(H,21,22). The second-order valence-corrected chi connectivity index (χ2v) is 5.64. The summed E-state index contributed by atoms with van der Waals surface area (Å²) >= 11 is 0. The molecule has 0 bridgehead atoms. The number of carbonyl (C=O) groups is 1. The number of rotatable bonds is 4. The fourth-order valence-corrected chi connectivity index (χ4v) is 2.66. The first-order chi connectivity index (χ1) is 11.2. The van der Waals surface area contributed by atoms with E-state index in [4.69, 9.17) is 4.74 Å². The highest BCUT2D eigenvalue weighted by Crippen LogP contribution is 2.23. The molecule has 4 nitrogen and oxygen atoms in total. The zero-order chi connectivity index (χ0) is 16.1. The molecule has 1 aliphatic rings. The van der Waals surface area contributed by atoms with Crippen LogP contribution in [0.5, 0.6) is 0 Å². The van der Waals surface area contributed by atoms with Crippen LogP contribution in [-0.2, 0) is 11.3 Å². The number of hydrogen-bond donors (Lipinski definition) is 2. The number of nitrogens with one attached hydrogen (secondary N) is 2. The zero-order valence-electron chi connectivity index (χ0n) is 12.7. The lowest BCUT2D eigenvalue weighted by Gasteiger charge is -2.11. The topological polar surface area (TPSA) is 50.4 Å². The normalized spacial score (nSPS) is 17.0. The summed E-state index contributed by atoms with van der Waals surface area (Å²) in [6, 6.07) is 13.7. The lowest BCUT2D eigenvalue weighted by molar-refractivity contribution is 0.155. The lowest BCUT2D eigenvalue weighted by Crippen LogP contribution is -2.13. The molecule has 0 aliphatic carbocycles.